The predicted molar refractivity (Wildman–Crippen MR) is 53.0 cm³/mol. The van der Waals surface area contributed by atoms with Crippen molar-refractivity contribution in [1.29, 1.82) is 0 Å². The smallest absolute Gasteiger partial charge is 0.207 e. The zero-order chi connectivity index (χ0) is 10.6. The summed E-state index contributed by atoms with van der Waals surface area (Å²) in [4.78, 5) is 4.66. The molecule has 0 radical (unpaired) electrons. The van der Waals surface area contributed by atoms with Crippen molar-refractivity contribution < 1.29 is 13.3 Å². The molecule has 1 aromatic rings. The Kier molecular flexibility index (Phi) is 3.62. The molecule has 4 nitrogen and oxygen atoms in total. The van der Waals surface area contributed by atoms with E-state index in [2.05, 4.69) is 4.84 Å². The van der Waals surface area contributed by atoms with Crippen LogP contribution in [0.15, 0.2) is 35.2 Å². The van der Waals surface area contributed by atoms with E-state index in [4.69, 9.17) is 5.90 Å². The summed E-state index contributed by atoms with van der Waals surface area (Å²) in [5.74, 6) is 4.93. The molecule has 0 aliphatic heterocycles. The Labute approximate surface area is 83.6 Å². The maximum Gasteiger partial charge on any atom is 0.207 e. The number of hydrogen-bond donors (Lipinski definition) is 1. The maximum absolute atomic E-state index is 11.8. The van der Waals surface area contributed by atoms with Gasteiger partial charge in [-0.05, 0) is 18.6 Å². The summed E-state index contributed by atoms with van der Waals surface area (Å²) in [5.41, 5.74) is -0.968. The fourth-order valence-corrected chi connectivity index (χ4v) is 2.58. The second-order valence-corrected chi connectivity index (χ2v) is 4.92. The molecule has 0 aliphatic carbocycles. The van der Waals surface area contributed by atoms with Crippen LogP contribution < -0.4 is 5.90 Å². The molecule has 1 unspecified atom stereocenters. The number of benzene rings is 1. The average molecular weight is 215 g/mol. The first-order valence-corrected chi connectivity index (χ1v) is 5.82. The highest BCUT2D eigenvalue weighted by Gasteiger charge is 2.25. The Balaban J connectivity index is 3.08. The number of rotatable bonds is 4. The van der Waals surface area contributed by atoms with E-state index in [1.165, 1.54) is 12.1 Å². The lowest BCUT2D eigenvalue weighted by Crippen LogP contribution is -2.26. The van der Waals surface area contributed by atoms with Crippen LogP contribution in [0.1, 0.15) is 13.3 Å². The van der Waals surface area contributed by atoms with Crippen molar-refractivity contribution in [2.24, 2.45) is 5.90 Å². The van der Waals surface area contributed by atoms with E-state index in [0.717, 1.165) is 0 Å². The molecular weight excluding hydrogens is 202 g/mol. The van der Waals surface area contributed by atoms with Gasteiger partial charge in [0, 0.05) is 0 Å². The molecule has 0 amide bonds. The van der Waals surface area contributed by atoms with Crippen LogP contribution in [0.3, 0.4) is 0 Å². The maximum atomic E-state index is 11.8. The van der Waals surface area contributed by atoms with E-state index in [1.807, 2.05) is 0 Å². The number of sulfone groups is 1. The lowest BCUT2D eigenvalue weighted by molar-refractivity contribution is 0.105. The van der Waals surface area contributed by atoms with Crippen LogP contribution in [0.25, 0.3) is 0 Å². The van der Waals surface area contributed by atoms with Gasteiger partial charge in [0.05, 0.1) is 4.90 Å². The third-order valence-corrected chi connectivity index (χ3v) is 3.97. The van der Waals surface area contributed by atoms with E-state index in [0.29, 0.717) is 6.42 Å². The van der Waals surface area contributed by atoms with Gasteiger partial charge in [0.15, 0.2) is 5.44 Å². The normalized spacial score (nSPS) is 13.9. The quantitative estimate of drug-likeness (QED) is 0.763. The van der Waals surface area contributed by atoms with Gasteiger partial charge in [-0.3, -0.25) is 4.84 Å². The van der Waals surface area contributed by atoms with Crippen molar-refractivity contribution in [3.05, 3.63) is 30.3 Å². The molecule has 0 aliphatic rings. The second-order valence-electron chi connectivity index (χ2n) is 2.83. The lowest BCUT2D eigenvalue weighted by Gasteiger charge is -2.12. The van der Waals surface area contributed by atoms with Crippen LogP contribution >= 0.6 is 0 Å². The van der Waals surface area contributed by atoms with Crippen molar-refractivity contribution in [3.8, 4) is 0 Å². The summed E-state index contributed by atoms with van der Waals surface area (Å²) in [7, 11) is -3.45. The first-order valence-electron chi connectivity index (χ1n) is 4.27. The molecule has 5 heteroatoms. The number of hydrogen-bond acceptors (Lipinski definition) is 4. The first-order chi connectivity index (χ1) is 6.62. The van der Waals surface area contributed by atoms with Gasteiger partial charge in [0.2, 0.25) is 9.84 Å². The highest BCUT2D eigenvalue weighted by atomic mass is 32.2. The van der Waals surface area contributed by atoms with E-state index < -0.39 is 15.3 Å². The molecule has 78 valence electrons. The van der Waals surface area contributed by atoms with Crippen molar-refractivity contribution in [1.82, 2.24) is 0 Å². The third kappa shape index (κ3) is 2.12. The van der Waals surface area contributed by atoms with Gasteiger partial charge >= 0.3 is 0 Å². The van der Waals surface area contributed by atoms with Gasteiger partial charge in [-0.15, -0.1) is 0 Å². The van der Waals surface area contributed by atoms with Crippen LogP contribution in [0.5, 0.6) is 0 Å². The van der Waals surface area contributed by atoms with Crippen molar-refractivity contribution in [2.75, 3.05) is 0 Å². The summed E-state index contributed by atoms with van der Waals surface area (Å²) < 4.78 is 23.6. The van der Waals surface area contributed by atoms with Gasteiger partial charge in [-0.1, -0.05) is 25.1 Å². The average Bonchev–Trinajstić information content (AvgIpc) is 2.20. The molecule has 0 fully saturated rings. The molecule has 1 aromatic carbocycles. The highest BCUT2D eigenvalue weighted by Crippen LogP contribution is 2.17. The molecule has 1 atom stereocenters. The van der Waals surface area contributed by atoms with Crippen LogP contribution in [-0.4, -0.2) is 13.9 Å². The Morgan fingerprint density at radius 1 is 1.36 bits per heavy atom. The van der Waals surface area contributed by atoms with Crippen molar-refractivity contribution in [3.63, 3.8) is 0 Å². The summed E-state index contributed by atoms with van der Waals surface area (Å²) in [6.45, 7) is 1.71. The van der Waals surface area contributed by atoms with Gasteiger partial charge < -0.3 is 0 Å². The summed E-state index contributed by atoms with van der Waals surface area (Å²) in [6.07, 6.45) is 0.327. The third-order valence-electron chi connectivity index (χ3n) is 1.90. The van der Waals surface area contributed by atoms with Crippen LogP contribution in [0.4, 0.5) is 0 Å². The molecule has 0 aromatic heterocycles. The Morgan fingerprint density at radius 3 is 2.36 bits per heavy atom. The zero-order valence-electron chi connectivity index (χ0n) is 7.88. The van der Waals surface area contributed by atoms with E-state index in [9.17, 15) is 8.42 Å². The van der Waals surface area contributed by atoms with Crippen molar-refractivity contribution in [2.45, 2.75) is 23.7 Å². The SMILES string of the molecule is CCC(ON)S(=O)(=O)c1ccccc1. The Hall–Kier alpha value is -0.910. The molecule has 2 N–H and O–H groups in total. The standard InChI is InChI=1S/C9H13NO3S/c1-2-9(13-10)14(11,12)8-6-4-3-5-7-8/h3-7,9H,2,10H2,1H3. The lowest BCUT2D eigenvalue weighted by atomic mass is 10.4. The number of nitrogens with two attached hydrogens (primary N) is 1. The predicted octanol–water partition coefficient (Wildman–Crippen LogP) is 1.09. The highest BCUT2D eigenvalue weighted by molar-refractivity contribution is 7.91. The largest absolute Gasteiger partial charge is 0.285 e. The van der Waals surface area contributed by atoms with Crippen LogP contribution in [-0.2, 0) is 14.7 Å². The topological polar surface area (TPSA) is 69.4 Å². The molecule has 0 heterocycles. The molecule has 1 rings (SSSR count). The molecular formula is C9H13NO3S. The minimum Gasteiger partial charge on any atom is -0.285 e. The zero-order valence-corrected chi connectivity index (χ0v) is 8.70. The monoisotopic (exact) mass is 215 g/mol. The van der Waals surface area contributed by atoms with Crippen LogP contribution in [0.2, 0.25) is 0 Å². The van der Waals surface area contributed by atoms with E-state index in [-0.39, 0.29) is 4.90 Å². The second kappa shape index (κ2) is 4.54. The van der Waals surface area contributed by atoms with Gasteiger partial charge in [-0.25, -0.2) is 14.3 Å². The Morgan fingerprint density at radius 2 is 1.93 bits per heavy atom. The summed E-state index contributed by atoms with van der Waals surface area (Å²) >= 11 is 0. The van der Waals surface area contributed by atoms with Gasteiger partial charge in [-0.2, -0.15) is 0 Å². The van der Waals surface area contributed by atoms with Crippen LogP contribution in [0, 0.1) is 0 Å². The van der Waals surface area contributed by atoms with Gasteiger partial charge in [0.25, 0.3) is 0 Å². The van der Waals surface area contributed by atoms with E-state index >= 15 is 0 Å². The minimum absolute atomic E-state index is 0.234. The molecule has 0 spiro atoms. The fourth-order valence-electron chi connectivity index (χ4n) is 1.15. The molecule has 0 saturated heterocycles. The summed E-state index contributed by atoms with van der Waals surface area (Å²) in [6, 6.07) is 8.13. The molecule has 0 saturated carbocycles. The Bertz CT molecular complexity index is 370. The molecule has 0 bridgehead atoms. The minimum atomic E-state index is -3.45. The van der Waals surface area contributed by atoms with E-state index in [1.54, 1.807) is 25.1 Å². The fraction of sp³-hybridized carbons (Fsp3) is 0.333. The van der Waals surface area contributed by atoms with Gasteiger partial charge in [0.1, 0.15) is 0 Å². The summed E-state index contributed by atoms with van der Waals surface area (Å²) in [5, 5.41) is 0. The molecule has 14 heavy (non-hydrogen) atoms. The first kappa shape index (κ1) is 11.2. The van der Waals surface area contributed by atoms with Crippen molar-refractivity contribution >= 4 is 9.84 Å².